The van der Waals surface area contributed by atoms with Crippen molar-refractivity contribution < 1.29 is 18.7 Å². The number of aromatic nitrogens is 3. The number of nitrogens with zero attached hydrogens (tertiary/aromatic N) is 5. The van der Waals surface area contributed by atoms with Crippen molar-refractivity contribution in [1.29, 1.82) is 0 Å². The number of rotatable bonds is 4. The predicted octanol–water partition coefficient (Wildman–Crippen LogP) is 4.26. The Hall–Kier alpha value is -4.38. The minimum Gasteiger partial charge on any atom is -0.477 e. The van der Waals surface area contributed by atoms with Crippen LogP contribution in [-0.2, 0) is 13.5 Å². The smallest absolute Gasteiger partial charge is 0.341 e. The number of benzene rings is 1. The van der Waals surface area contributed by atoms with Gasteiger partial charge >= 0.3 is 5.97 Å². The molecule has 1 aromatic carbocycles. The van der Waals surface area contributed by atoms with E-state index in [2.05, 4.69) is 27.1 Å². The Balaban J connectivity index is 1.50. The number of hydrogen-bond donors (Lipinski definition) is 2. The van der Waals surface area contributed by atoms with Crippen molar-refractivity contribution >= 4 is 28.4 Å². The van der Waals surface area contributed by atoms with Crippen molar-refractivity contribution in [3.63, 3.8) is 0 Å². The van der Waals surface area contributed by atoms with Crippen molar-refractivity contribution in [1.82, 2.24) is 19.4 Å². The highest BCUT2D eigenvalue weighted by Crippen LogP contribution is 2.51. The first-order chi connectivity index (χ1) is 20.1. The molecule has 0 saturated carbocycles. The molecule has 3 aliphatic rings. The quantitative estimate of drug-likeness (QED) is 0.329. The molecular weight excluding hydrogens is 542 g/mol. The number of fused-ring (bicyclic) bond motifs is 4. The second-order valence-electron chi connectivity index (χ2n) is 11.6. The second-order valence-corrected chi connectivity index (χ2v) is 11.6. The molecule has 5 heterocycles. The van der Waals surface area contributed by atoms with Gasteiger partial charge < -0.3 is 19.9 Å². The fraction of sp³-hybridized carbons (Fsp3) is 0.355. The summed E-state index contributed by atoms with van der Waals surface area (Å²) in [6, 6.07) is 2.82. The largest absolute Gasteiger partial charge is 0.477 e. The van der Waals surface area contributed by atoms with Crippen molar-refractivity contribution in [2.24, 2.45) is 7.05 Å². The first-order valence-electron chi connectivity index (χ1n) is 14.0. The van der Waals surface area contributed by atoms with Crippen molar-refractivity contribution in [3.05, 3.63) is 69.4 Å². The minimum atomic E-state index is -1.32. The van der Waals surface area contributed by atoms with E-state index in [0.717, 1.165) is 31.5 Å². The number of carboxylic acid groups (broad SMARTS) is 1. The molecule has 4 aromatic rings. The predicted molar refractivity (Wildman–Crippen MR) is 156 cm³/mol. The monoisotopic (exact) mass is 572 g/mol. The number of aryl methyl sites for hydroxylation is 1. The summed E-state index contributed by atoms with van der Waals surface area (Å²) in [7, 11) is 5.46. The Morgan fingerprint density at radius 3 is 2.62 bits per heavy atom. The van der Waals surface area contributed by atoms with Gasteiger partial charge in [0.25, 0.3) is 0 Å². The Morgan fingerprint density at radius 1 is 1.10 bits per heavy atom. The number of aromatic carboxylic acids is 1. The van der Waals surface area contributed by atoms with Crippen LogP contribution in [0.3, 0.4) is 0 Å². The highest BCUT2D eigenvalue weighted by molar-refractivity contribution is 5.98. The molecule has 1 spiro atoms. The van der Waals surface area contributed by atoms with Gasteiger partial charge in [-0.3, -0.25) is 14.7 Å². The maximum Gasteiger partial charge on any atom is 0.341 e. The Kier molecular flexibility index (Phi) is 5.88. The van der Waals surface area contributed by atoms with Gasteiger partial charge in [0.05, 0.1) is 16.8 Å². The third kappa shape index (κ3) is 3.69. The number of pyridine rings is 3. The SMILES string of the molecule is CNc1cc(F)c(F)c2c1Cc1ncc(-c3cnc4c(c3)c(=O)c(C(=O)O)cn4C)c(N3CCC4(CCCN4C)C3)c1-2. The molecule has 2 saturated heterocycles. The highest BCUT2D eigenvalue weighted by atomic mass is 19.2. The van der Waals surface area contributed by atoms with E-state index >= 15 is 4.39 Å². The highest BCUT2D eigenvalue weighted by Gasteiger charge is 2.46. The van der Waals surface area contributed by atoms with E-state index in [1.807, 2.05) is 0 Å². The van der Waals surface area contributed by atoms with Crippen LogP contribution >= 0.6 is 0 Å². The molecule has 1 unspecified atom stereocenters. The van der Waals surface area contributed by atoms with Gasteiger partial charge in [-0.2, -0.15) is 0 Å². The number of likely N-dealkylation sites (tertiary alicyclic amines) is 1. The van der Waals surface area contributed by atoms with Crippen molar-refractivity contribution in [2.75, 3.05) is 43.9 Å². The number of hydrogen-bond acceptors (Lipinski definition) is 7. The molecule has 0 radical (unpaired) electrons. The molecule has 42 heavy (non-hydrogen) atoms. The lowest BCUT2D eigenvalue weighted by Gasteiger charge is -2.33. The van der Waals surface area contributed by atoms with E-state index in [4.69, 9.17) is 4.98 Å². The lowest BCUT2D eigenvalue weighted by Crippen LogP contribution is -2.43. The summed E-state index contributed by atoms with van der Waals surface area (Å²) >= 11 is 0. The van der Waals surface area contributed by atoms with E-state index in [9.17, 15) is 19.1 Å². The number of nitrogens with one attached hydrogen (secondary N) is 1. The minimum absolute atomic E-state index is 0.0144. The molecule has 2 fully saturated rings. The lowest BCUT2D eigenvalue weighted by atomic mass is 9.95. The fourth-order valence-corrected chi connectivity index (χ4v) is 7.27. The number of carbonyl (C=O) groups is 1. The first-order valence-corrected chi connectivity index (χ1v) is 14.0. The third-order valence-electron chi connectivity index (χ3n) is 9.47. The van der Waals surface area contributed by atoms with E-state index in [-0.39, 0.29) is 22.1 Å². The molecule has 216 valence electrons. The van der Waals surface area contributed by atoms with Gasteiger partial charge in [-0.05, 0) is 44.5 Å². The lowest BCUT2D eigenvalue weighted by molar-refractivity contribution is 0.0695. The molecule has 1 aliphatic carbocycles. The van der Waals surface area contributed by atoms with E-state index in [1.54, 1.807) is 32.6 Å². The van der Waals surface area contributed by atoms with Crippen molar-refractivity contribution in [3.8, 4) is 22.3 Å². The van der Waals surface area contributed by atoms with Crippen LogP contribution in [0.4, 0.5) is 20.2 Å². The molecule has 9 nitrogen and oxygen atoms in total. The molecule has 1 atom stereocenters. The molecule has 2 N–H and O–H groups in total. The van der Waals surface area contributed by atoms with Crippen LogP contribution < -0.4 is 15.6 Å². The van der Waals surface area contributed by atoms with Crippen LogP contribution in [0.1, 0.15) is 40.9 Å². The second kappa shape index (κ2) is 9.32. The van der Waals surface area contributed by atoms with Crippen LogP contribution in [-0.4, -0.2) is 69.8 Å². The summed E-state index contributed by atoms with van der Waals surface area (Å²) in [6.45, 7) is 2.43. The van der Waals surface area contributed by atoms with Crippen LogP contribution in [0.25, 0.3) is 33.3 Å². The number of carboxylic acids is 1. The normalized spacial score (nSPS) is 19.6. The van der Waals surface area contributed by atoms with Gasteiger partial charge in [0.15, 0.2) is 11.6 Å². The summed E-state index contributed by atoms with van der Waals surface area (Å²) in [5.74, 6) is -3.17. The van der Waals surface area contributed by atoms with Crippen LogP contribution in [0.5, 0.6) is 0 Å². The van der Waals surface area contributed by atoms with Gasteiger partial charge in [-0.1, -0.05) is 0 Å². The third-order valence-corrected chi connectivity index (χ3v) is 9.47. The van der Waals surface area contributed by atoms with Gasteiger partial charge in [0.2, 0.25) is 5.43 Å². The summed E-state index contributed by atoms with van der Waals surface area (Å²) in [5, 5.41) is 12.8. The van der Waals surface area contributed by atoms with Gasteiger partial charge in [-0.15, -0.1) is 0 Å². The van der Waals surface area contributed by atoms with Crippen molar-refractivity contribution in [2.45, 2.75) is 31.2 Å². The summed E-state index contributed by atoms with van der Waals surface area (Å²) in [6.07, 6.45) is 8.03. The van der Waals surface area contributed by atoms with E-state index in [1.165, 1.54) is 16.8 Å². The molecule has 0 bridgehead atoms. The molecular formula is C31H30F2N6O3. The van der Waals surface area contributed by atoms with Crippen LogP contribution in [0.2, 0.25) is 0 Å². The zero-order valence-electron chi connectivity index (χ0n) is 23.6. The maximum atomic E-state index is 15.7. The summed E-state index contributed by atoms with van der Waals surface area (Å²) < 4.78 is 32.2. The number of anilines is 2. The molecule has 7 rings (SSSR count). The maximum absolute atomic E-state index is 15.7. The molecule has 3 aromatic heterocycles. The summed E-state index contributed by atoms with van der Waals surface area (Å²) in [4.78, 5) is 38.9. The van der Waals surface area contributed by atoms with Gasteiger partial charge in [-0.25, -0.2) is 18.6 Å². The molecule has 0 amide bonds. The first kappa shape index (κ1) is 26.5. The Labute approximate surface area is 240 Å². The number of halogens is 2. The van der Waals surface area contributed by atoms with E-state index in [0.29, 0.717) is 58.8 Å². The van der Waals surface area contributed by atoms with Gasteiger partial charge in [0, 0.05) is 91.7 Å². The summed E-state index contributed by atoms with van der Waals surface area (Å²) in [5.41, 5.74) is 3.84. The van der Waals surface area contributed by atoms with E-state index < -0.39 is 23.0 Å². The number of likely N-dealkylation sites (N-methyl/N-ethyl adjacent to an activating group) is 1. The zero-order valence-corrected chi connectivity index (χ0v) is 23.6. The Bertz CT molecular complexity index is 1890. The molecule has 11 heteroatoms. The Morgan fingerprint density at radius 2 is 1.90 bits per heavy atom. The fourth-order valence-electron chi connectivity index (χ4n) is 7.27. The molecule has 2 aliphatic heterocycles. The average molecular weight is 573 g/mol. The van der Waals surface area contributed by atoms with Crippen LogP contribution in [0.15, 0.2) is 35.5 Å². The van der Waals surface area contributed by atoms with Crippen LogP contribution in [0, 0.1) is 11.6 Å². The zero-order chi connectivity index (χ0) is 29.5. The topological polar surface area (TPSA) is 104 Å². The average Bonchev–Trinajstić information content (AvgIpc) is 3.69. The van der Waals surface area contributed by atoms with Gasteiger partial charge in [0.1, 0.15) is 11.2 Å². The standard InChI is InChI=1S/C31H30F2N6O3/c1-34-22-11-21(32)26(33)24-17(22)10-23-25(24)27(39-8-6-31(15-39)5-4-7-38(31)3)19(13-35-23)16-9-18-28(40)20(30(41)42)14-37(2)29(18)36-12-16/h9,11-14,34H,4-8,10,15H2,1-3H3,(H,41,42).